The molecule has 2 fully saturated rings. The number of carbonyl (C=O) groups is 2. The minimum Gasteiger partial charge on any atom is -0.461 e. The first-order chi connectivity index (χ1) is 15.9. The number of guanidine groups is 1. The van der Waals surface area contributed by atoms with Gasteiger partial charge in [-0.1, -0.05) is 5.43 Å². The van der Waals surface area contributed by atoms with Gasteiger partial charge in [-0.25, -0.2) is 15.1 Å². The number of aryl methyl sites for hydroxylation is 1. The fourth-order valence-electron chi connectivity index (χ4n) is 4.31. The molecule has 1 atom stereocenters. The summed E-state index contributed by atoms with van der Waals surface area (Å²) in [4.78, 5) is 44.6. The number of likely N-dealkylation sites (tertiary alicyclic amines) is 2. The fraction of sp³-hybridized carbons (Fsp3) is 0.500. The van der Waals surface area contributed by atoms with Crippen molar-refractivity contribution in [2.75, 3.05) is 31.5 Å². The van der Waals surface area contributed by atoms with Crippen LogP contribution in [0.4, 0.5) is 5.69 Å². The van der Waals surface area contributed by atoms with Crippen LogP contribution in [0.2, 0.25) is 0 Å². The van der Waals surface area contributed by atoms with Gasteiger partial charge in [0.25, 0.3) is 5.96 Å². The average molecular weight is 457 g/mol. The molecular formula is C22H28N6O5. The maximum absolute atomic E-state index is 13.2. The number of nitro groups is 1. The third-order valence-corrected chi connectivity index (χ3v) is 5.92. The van der Waals surface area contributed by atoms with Gasteiger partial charge < -0.3 is 19.5 Å². The maximum atomic E-state index is 13.2. The molecule has 1 aromatic heterocycles. The zero-order chi connectivity index (χ0) is 23.4. The average Bonchev–Trinajstić information content (AvgIpc) is 3.39. The summed E-state index contributed by atoms with van der Waals surface area (Å²) in [6.07, 6.45) is 3.92. The number of hydrogen-bond acceptors (Lipinski definition) is 6. The largest absolute Gasteiger partial charge is 0.461 e. The molecule has 0 unspecified atom stereocenters. The predicted octanol–water partition coefficient (Wildman–Crippen LogP) is 2.29. The molecule has 0 saturated carbocycles. The van der Waals surface area contributed by atoms with Crippen molar-refractivity contribution in [3.05, 3.63) is 40.1 Å². The zero-order valence-electron chi connectivity index (χ0n) is 18.6. The lowest BCUT2D eigenvalue weighted by Gasteiger charge is -2.25. The van der Waals surface area contributed by atoms with E-state index >= 15 is 0 Å². The van der Waals surface area contributed by atoms with Crippen LogP contribution in [0.15, 0.2) is 33.7 Å². The molecule has 1 aromatic carbocycles. The number of furan rings is 1. The number of hydrogen-bond donors (Lipinski definition) is 2. The lowest BCUT2D eigenvalue weighted by Crippen LogP contribution is -2.45. The van der Waals surface area contributed by atoms with Gasteiger partial charge in [-0.3, -0.25) is 9.59 Å². The Hall–Kier alpha value is -3.63. The van der Waals surface area contributed by atoms with Crippen LogP contribution in [0.3, 0.4) is 0 Å². The Morgan fingerprint density at radius 2 is 1.97 bits per heavy atom. The second-order valence-electron chi connectivity index (χ2n) is 8.44. The molecule has 11 heteroatoms. The van der Waals surface area contributed by atoms with Crippen molar-refractivity contribution < 1.29 is 19.0 Å². The number of carbonyl (C=O) groups excluding carboxylic acids is 2. The van der Waals surface area contributed by atoms with Crippen molar-refractivity contribution in [3.8, 4) is 0 Å². The standard InChI is InChI=1S/C22H28N6O5/c1-15-12-16-13-17(7-8-19(16)33-15)23-22(25-28(31)32)24-18-6-2-3-11-27(21(18)30)14-20(29)26-9-4-5-10-26/h7-8,12-13,18H,2-6,9-11,14H2,1H3,(H2,23,24,25)/t18-/m0/s1. The summed E-state index contributed by atoms with van der Waals surface area (Å²) in [6, 6.07) is 6.32. The third kappa shape index (κ3) is 5.60. The van der Waals surface area contributed by atoms with Gasteiger partial charge in [0.15, 0.2) is 5.03 Å². The van der Waals surface area contributed by atoms with Crippen LogP contribution in [0.1, 0.15) is 37.9 Å². The van der Waals surface area contributed by atoms with Gasteiger partial charge in [0, 0.05) is 30.7 Å². The zero-order valence-corrected chi connectivity index (χ0v) is 18.6. The Kier molecular flexibility index (Phi) is 6.76. The first kappa shape index (κ1) is 22.6. The Labute approximate surface area is 190 Å². The number of hydrazine groups is 1. The summed E-state index contributed by atoms with van der Waals surface area (Å²) in [5.74, 6) is 0.277. The monoisotopic (exact) mass is 456 g/mol. The van der Waals surface area contributed by atoms with E-state index < -0.39 is 11.1 Å². The molecule has 2 N–H and O–H groups in total. The van der Waals surface area contributed by atoms with Gasteiger partial charge in [-0.05, 0) is 63.3 Å². The van der Waals surface area contributed by atoms with Crippen LogP contribution in [-0.4, -0.2) is 64.8 Å². The van der Waals surface area contributed by atoms with Crippen LogP contribution < -0.4 is 10.7 Å². The summed E-state index contributed by atoms with van der Waals surface area (Å²) in [5, 5.41) is 14.2. The Morgan fingerprint density at radius 1 is 1.21 bits per heavy atom. The van der Waals surface area contributed by atoms with E-state index in [0.717, 1.165) is 49.9 Å². The second-order valence-corrected chi connectivity index (χ2v) is 8.44. The highest BCUT2D eigenvalue weighted by Gasteiger charge is 2.30. The van der Waals surface area contributed by atoms with Crippen molar-refractivity contribution in [2.24, 2.45) is 4.99 Å². The topological polar surface area (TPSA) is 133 Å². The van der Waals surface area contributed by atoms with E-state index in [1.807, 2.05) is 13.0 Å². The molecule has 2 aliphatic rings. The highest BCUT2D eigenvalue weighted by atomic mass is 16.7. The molecule has 0 bridgehead atoms. The molecule has 3 heterocycles. The quantitative estimate of drug-likeness (QED) is 0.305. The smallest absolute Gasteiger partial charge is 0.259 e. The van der Waals surface area contributed by atoms with E-state index in [0.29, 0.717) is 24.2 Å². The van der Waals surface area contributed by atoms with Crippen molar-refractivity contribution in [3.63, 3.8) is 0 Å². The first-order valence-corrected chi connectivity index (χ1v) is 11.2. The molecule has 0 radical (unpaired) electrons. The lowest BCUT2D eigenvalue weighted by molar-refractivity contribution is -0.525. The number of anilines is 1. The summed E-state index contributed by atoms with van der Waals surface area (Å²) in [6.45, 7) is 3.79. The number of amides is 2. The molecular weight excluding hydrogens is 428 g/mol. The summed E-state index contributed by atoms with van der Waals surface area (Å²) in [5.41, 5.74) is 3.33. The van der Waals surface area contributed by atoms with Crippen molar-refractivity contribution in [1.29, 1.82) is 0 Å². The van der Waals surface area contributed by atoms with Gasteiger partial charge in [0.05, 0.1) is 6.54 Å². The number of nitrogens with one attached hydrogen (secondary N) is 2. The number of fused-ring (bicyclic) bond motifs is 1. The molecule has 2 aliphatic heterocycles. The van der Waals surface area contributed by atoms with Crippen molar-refractivity contribution in [1.82, 2.24) is 15.2 Å². The fourth-order valence-corrected chi connectivity index (χ4v) is 4.31. The first-order valence-electron chi connectivity index (χ1n) is 11.2. The highest BCUT2D eigenvalue weighted by Crippen LogP contribution is 2.23. The maximum Gasteiger partial charge on any atom is 0.259 e. The van der Waals surface area contributed by atoms with Crippen LogP contribution in [0, 0.1) is 17.0 Å². The Balaban J connectivity index is 1.52. The van der Waals surface area contributed by atoms with Crippen molar-refractivity contribution >= 4 is 34.4 Å². The molecule has 4 rings (SSSR count). The van der Waals surface area contributed by atoms with Crippen LogP contribution >= 0.6 is 0 Å². The molecule has 2 aromatic rings. The van der Waals surface area contributed by atoms with Crippen LogP contribution in [0.25, 0.3) is 11.0 Å². The lowest BCUT2D eigenvalue weighted by atomic mass is 10.1. The van der Waals surface area contributed by atoms with E-state index in [1.54, 1.807) is 23.1 Å². The number of rotatable bonds is 5. The van der Waals surface area contributed by atoms with Gasteiger partial charge in [-0.15, -0.1) is 0 Å². The summed E-state index contributed by atoms with van der Waals surface area (Å²) >= 11 is 0. The highest BCUT2D eigenvalue weighted by molar-refractivity contribution is 5.97. The van der Waals surface area contributed by atoms with E-state index in [4.69, 9.17) is 4.42 Å². The van der Waals surface area contributed by atoms with Gasteiger partial charge >= 0.3 is 0 Å². The molecule has 176 valence electrons. The van der Waals surface area contributed by atoms with E-state index in [-0.39, 0.29) is 24.3 Å². The Morgan fingerprint density at radius 3 is 2.73 bits per heavy atom. The second kappa shape index (κ2) is 9.88. The summed E-state index contributed by atoms with van der Waals surface area (Å²) < 4.78 is 5.56. The van der Waals surface area contributed by atoms with E-state index in [2.05, 4.69) is 15.7 Å². The number of aliphatic imine (C=N–C) groups is 1. The SMILES string of the molecule is Cc1cc2cc(NC(=N[C@H]3CCCCN(CC(=O)N4CCCC4)C3=O)N[N+](=O)[O-])ccc2o1. The van der Waals surface area contributed by atoms with Crippen LogP contribution in [0.5, 0.6) is 0 Å². The minimum absolute atomic E-state index is 0.0206. The molecule has 33 heavy (non-hydrogen) atoms. The van der Waals surface area contributed by atoms with E-state index in [1.165, 1.54) is 4.90 Å². The van der Waals surface area contributed by atoms with Crippen LogP contribution in [-0.2, 0) is 9.59 Å². The third-order valence-electron chi connectivity index (χ3n) is 5.92. The molecule has 0 aliphatic carbocycles. The molecule has 2 amide bonds. The van der Waals surface area contributed by atoms with Gasteiger partial charge in [0.1, 0.15) is 17.4 Å². The summed E-state index contributed by atoms with van der Waals surface area (Å²) in [7, 11) is 0. The Bertz CT molecular complexity index is 1070. The predicted molar refractivity (Wildman–Crippen MR) is 122 cm³/mol. The minimum atomic E-state index is -0.811. The number of benzene rings is 1. The normalized spacial score (nSPS) is 19.6. The molecule has 2 saturated heterocycles. The van der Waals surface area contributed by atoms with Gasteiger partial charge in [0.2, 0.25) is 11.8 Å². The van der Waals surface area contributed by atoms with Gasteiger partial charge in [-0.2, -0.15) is 0 Å². The number of nitrogens with zero attached hydrogens (tertiary/aromatic N) is 4. The van der Waals surface area contributed by atoms with E-state index in [9.17, 15) is 19.7 Å². The molecule has 11 nitrogen and oxygen atoms in total. The van der Waals surface area contributed by atoms with Crippen molar-refractivity contribution in [2.45, 2.75) is 45.1 Å². The molecule has 0 spiro atoms.